The molecular weight excluding hydrogens is 1660 g/mol. The molecule has 0 aliphatic rings. The highest BCUT2D eigenvalue weighted by atomic mass is 32.2. The molecular formula is C76H102F3N15O28S. The Labute approximate surface area is 703 Å². The number of primary amides is 1. The van der Waals surface area contributed by atoms with Crippen LogP contribution in [0.2, 0.25) is 0 Å². The lowest BCUT2D eigenvalue weighted by atomic mass is 10.0. The monoisotopic (exact) mass is 1760 g/mol. The summed E-state index contributed by atoms with van der Waals surface area (Å²) in [4.78, 5) is 250. The van der Waals surface area contributed by atoms with Crippen molar-refractivity contribution < 1.29 is 150 Å². The van der Waals surface area contributed by atoms with Crippen LogP contribution in [0.25, 0.3) is 10.9 Å². The first-order valence-electron chi connectivity index (χ1n) is 37.9. The number of carboxylic acid groups (broad SMARTS) is 7. The number of aromatic amines is 1. The van der Waals surface area contributed by atoms with Crippen molar-refractivity contribution in [2.24, 2.45) is 17.4 Å². The number of aromatic hydroxyl groups is 1. The molecule has 0 saturated carbocycles. The van der Waals surface area contributed by atoms with E-state index in [2.05, 4.69) is 68.8 Å². The normalized spacial score (nSPS) is 14.3. The van der Waals surface area contributed by atoms with Crippen LogP contribution in [0.15, 0.2) is 85.1 Å². The van der Waals surface area contributed by atoms with Gasteiger partial charge in [-0.05, 0) is 111 Å². The quantitative estimate of drug-likeness (QED) is 0.0199. The molecule has 0 radical (unpaired) electrons. The Hall–Kier alpha value is -13.0. The first-order chi connectivity index (χ1) is 57.7. The van der Waals surface area contributed by atoms with E-state index in [4.69, 9.17) is 21.4 Å². The summed E-state index contributed by atoms with van der Waals surface area (Å²) >= 11 is 1.27. The number of benzene rings is 3. The van der Waals surface area contributed by atoms with Crippen molar-refractivity contribution in [2.75, 3.05) is 18.6 Å². The largest absolute Gasteiger partial charge is 0.508 e. The number of phenolic OH excluding ortho intramolecular Hbond substituents is 1. The standard InChI is InChI=1S/C74H101N15O26S.C2HF3O2/c1-37(2)30-44(75)65(106)81-47(19-24-58(94)95)68(109)83-49(21-26-60(98)99)70(111)85-50(22-27-61(100)101)71(112)84-48(20-25-59(96)97)69(110)82-46(18-23-57(92)93)67(108)79-38(3)64(105)88-53(32-40-14-16-42(90)17-15-40)66(107)78-36-56(91)80-54(33-41-35-77-45-13-9-8-12-43(41)45)73(114)86-51(28-29-116-4)72(113)89-55(34-62(102)103)74(115)87-52(63(76)104)31-39-10-6-5-7-11-39;3-2(4,5)1(6)7/h5-17,35,37-38,44,46-55,74,77,87,90,115H,18-34,36,75H2,1-4H3,(H2,76,104)(H,78,107)(H,79,108)(H,80,91)(H,81,106)(H,82,110)(H,83,109)(H,84,112)(H,85,111)(H,86,114)(H,88,105)(H,89,113)(H,92,93)(H,94,95)(H,96,97)(H,98,99)(H,100,101)(H,102,103);(H,6,7)/t38-,44-,46-,47-,48-,49-,50-,51-,52-,53-,54-,55-,74?;/m0./s1. The third kappa shape index (κ3) is 39.8. The van der Waals surface area contributed by atoms with Gasteiger partial charge in [0.15, 0.2) is 0 Å². The van der Waals surface area contributed by atoms with Gasteiger partial charge in [0.05, 0.1) is 31.1 Å². The van der Waals surface area contributed by atoms with Crippen LogP contribution in [0.3, 0.4) is 0 Å². The smallest absolute Gasteiger partial charge is 0.490 e. The first-order valence-corrected chi connectivity index (χ1v) is 39.3. The predicted octanol–water partition coefficient (Wildman–Crippen LogP) is -2.79. The van der Waals surface area contributed by atoms with Gasteiger partial charge in [0.25, 0.3) is 0 Å². The molecule has 0 aliphatic heterocycles. The van der Waals surface area contributed by atoms with Gasteiger partial charge in [-0.3, -0.25) is 91.6 Å². The first kappa shape index (κ1) is 104. The van der Waals surface area contributed by atoms with Crippen molar-refractivity contribution in [1.29, 1.82) is 0 Å². The van der Waals surface area contributed by atoms with Crippen LogP contribution in [0.1, 0.15) is 121 Å². The third-order valence-electron chi connectivity index (χ3n) is 18.0. The fourth-order valence-corrected chi connectivity index (χ4v) is 12.1. The number of hydrogen-bond donors (Lipinski definition) is 24. The average Bonchev–Trinajstić information content (AvgIpc) is 1.69. The van der Waals surface area contributed by atoms with E-state index in [0.29, 0.717) is 27.6 Å². The molecule has 0 bridgehead atoms. The summed E-state index contributed by atoms with van der Waals surface area (Å²) in [6.45, 7) is 3.65. The summed E-state index contributed by atoms with van der Waals surface area (Å²) in [7, 11) is 0. The highest BCUT2D eigenvalue weighted by Gasteiger charge is 2.40. The number of alkyl halides is 3. The lowest BCUT2D eigenvalue weighted by molar-refractivity contribution is -0.192. The fourth-order valence-electron chi connectivity index (χ4n) is 11.6. The van der Waals surface area contributed by atoms with Gasteiger partial charge in [-0.1, -0.05) is 74.5 Å². The molecule has 4 aromatic rings. The Bertz CT molecular complexity index is 4350. The zero-order valence-corrected chi connectivity index (χ0v) is 67.7. The number of aliphatic hydroxyl groups is 1. The minimum absolute atomic E-state index is 0.0320. The molecule has 26 N–H and O–H groups in total. The van der Waals surface area contributed by atoms with E-state index in [0.717, 1.165) is 6.92 Å². The molecule has 0 aliphatic carbocycles. The Morgan fingerprint density at radius 3 is 1.25 bits per heavy atom. The lowest BCUT2D eigenvalue weighted by Gasteiger charge is -2.29. The number of nitrogens with one attached hydrogen (secondary N) is 13. The molecule has 676 valence electrons. The van der Waals surface area contributed by atoms with Crippen LogP contribution >= 0.6 is 11.8 Å². The number of nitrogens with two attached hydrogens (primary N) is 2. The van der Waals surface area contributed by atoms with Gasteiger partial charge in [0.1, 0.15) is 66.4 Å². The molecule has 4 rings (SSSR count). The number of fused-ring (bicyclic) bond motifs is 1. The lowest BCUT2D eigenvalue weighted by Crippen LogP contribution is -2.60. The summed E-state index contributed by atoms with van der Waals surface area (Å²) in [6, 6.07) is 0.542. The summed E-state index contributed by atoms with van der Waals surface area (Å²) < 4.78 is 31.7. The van der Waals surface area contributed by atoms with Crippen molar-refractivity contribution in [3.8, 4) is 5.75 Å². The summed E-state index contributed by atoms with van der Waals surface area (Å²) in [5, 5.41) is 115. The summed E-state index contributed by atoms with van der Waals surface area (Å²) in [6.07, 6.45) is -13.2. The number of thioether (sulfide) groups is 1. The molecule has 43 nitrogen and oxygen atoms in total. The van der Waals surface area contributed by atoms with Crippen LogP contribution in [-0.4, -0.2) is 267 Å². The zero-order chi connectivity index (χ0) is 92.5. The maximum atomic E-state index is 14.6. The van der Waals surface area contributed by atoms with Crippen LogP contribution in [0, 0.1) is 5.92 Å². The van der Waals surface area contributed by atoms with Gasteiger partial charge in [-0.2, -0.15) is 24.9 Å². The van der Waals surface area contributed by atoms with Crippen LogP contribution < -0.4 is 75.3 Å². The van der Waals surface area contributed by atoms with Crippen molar-refractivity contribution in [3.63, 3.8) is 0 Å². The number of aliphatic carboxylic acids is 7. The number of rotatable bonds is 54. The maximum Gasteiger partial charge on any atom is 0.490 e. The Morgan fingerprint density at radius 1 is 0.447 bits per heavy atom. The van der Waals surface area contributed by atoms with Crippen molar-refractivity contribution in [3.05, 3.63) is 102 Å². The molecule has 1 heterocycles. The number of halogens is 3. The number of amides is 12. The topological polar surface area (TPSA) is 719 Å². The van der Waals surface area contributed by atoms with Gasteiger partial charge in [-0.25, -0.2) is 4.79 Å². The number of carbonyl (C=O) groups is 19. The number of H-pyrrole nitrogens is 1. The second-order valence-electron chi connectivity index (χ2n) is 28.4. The number of phenols is 1. The molecule has 1 aromatic heterocycles. The molecule has 13 atom stereocenters. The number of hydrogen-bond acceptors (Lipinski definition) is 24. The van der Waals surface area contributed by atoms with Gasteiger partial charge in [-0.15, -0.1) is 0 Å². The number of para-hydroxylation sites is 1. The van der Waals surface area contributed by atoms with E-state index >= 15 is 0 Å². The van der Waals surface area contributed by atoms with Gasteiger partial charge in [0.2, 0.25) is 70.9 Å². The van der Waals surface area contributed by atoms with Gasteiger partial charge in [0, 0.05) is 62.0 Å². The van der Waals surface area contributed by atoms with E-state index in [1.807, 2.05) is 0 Å². The van der Waals surface area contributed by atoms with Crippen LogP contribution in [0.5, 0.6) is 5.75 Å². The maximum absolute atomic E-state index is 14.6. The van der Waals surface area contributed by atoms with Crippen LogP contribution in [0.4, 0.5) is 13.2 Å². The number of carbonyl (C=O) groups excluding carboxylic acids is 12. The van der Waals surface area contributed by atoms with E-state index in [9.17, 15) is 140 Å². The minimum Gasteiger partial charge on any atom is -0.508 e. The predicted molar refractivity (Wildman–Crippen MR) is 425 cm³/mol. The Balaban J connectivity index is 0.00000533. The van der Waals surface area contributed by atoms with Crippen molar-refractivity contribution >= 4 is 135 Å². The molecule has 1 unspecified atom stereocenters. The molecule has 3 aromatic carbocycles. The van der Waals surface area contributed by atoms with Crippen molar-refractivity contribution in [1.82, 2.24) is 68.8 Å². The van der Waals surface area contributed by atoms with Gasteiger partial charge >= 0.3 is 48.0 Å². The van der Waals surface area contributed by atoms with E-state index in [-0.39, 0.29) is 49.5 Å². The number of aromatic nitrogens is 1. The minimum atomic E-state index is -5.08. The molecule has 12 amide bonds. The molecule has 47 heteroatoms. The molecule has 123 heavy (non-hydrogen) atoms. The van der Waals surface area contributed by atoms with E-state index < -0.39 is 275 Å². The highest BCUT2D eigenvalue weighted by molar-refractivity contribution is 7.98. The third-order valence-corrected chi connectivity index (χ3v) is 18.6. The van der Waals surface area contributed by atoms with E-state index in [1.165, 1.54) is 36.0 Å². The second kappa shape index (κ2) is 52.2. The number of carboxylic acids is 7. The summed E-state index contributed by atoms with van der Waals surface area (Å²) in [5.74, 6) is -25.5. The zero-order valence-electron chi connectivity index (χ0n) is 66.9. The van der Waals surface area contributed by atoms with E-state index in [1.54, 1.807) is 80.9 Å². The Morgan fingerprint density at radius 2 is 0.829 bits per heavy atom. The molecule has 0 spiro atoms. The average molecular weight is 1760 g/mol. The van der Waals surface area contributed by atoms with Gasteiger partial charge < -0.3 is 121 Å². The van der Waals surface area contributed by atoms with Crippen LogP contribution in [-0.2, 0) is 110 Å². The van der Waals surface area contributed by atoms with Crippen molar-refractivity contribution in [2.45, 2.75) is 208 Å². The fraction of sp³-hybridized carbons (Fsp3) is 0.487. The molecule has 0 fully saturated rings. The molecule has 0 saturated heterocycles. The Kier molecular flexibility index (Phi) is 44.2. The SMILES string of the molecule is CSCC[C@H](NC(=O)[C@H](Cc1c[nH]c2ccccc12)NC(=O)CNC(=O)[C@H](Cc1ccc(O)cc1)NC(=O)[C@H](C)NC(=O)[C@H](CCC(=O)O)NC(=O)[C@H](CCC(=O)O)NC(=O)[C@H](CCC(=O)O)NC(=O)[C@H](CCC(=O)O)NC(=O)[C@H](CCC(=O)O)NC(=O)[C@@H](N)CC(C)C)C(=O)N[C@@H](CC(=O)O)C(O)N[C@@H](Cc1ccccc1)C(N)=O.O=C(O)C(F)(F)F. The highest BCUT2D eigenvalue weighted by Crippen LogP contribution is 2.21. The summed E-state index contributed by atoms with van der Waals surface area (Å²) in [5.41, 5.74) is 13.7. The second-order valence-corrected chi connectivity index (χ2v) is 29.4. The number of aliphatic hydroxyl groups excluding tert-OH is 1.